The second-order valence-corrected chi connectivity index (χ2v) is 6.37. The molecule has 0 radical (unpaired) electrons. The number of benzene rings is 2. The average molecular weight is 310 g/mol. The van der Waals surface area contributed by atoms with E-state index in [2.05, 4.69) is 40.5 Å². The molecule has 0 spiro atoms. The van der Waals surface area contributed by atoms with E-state index in [4.69, 9.17) is 0 Å². The summed E-state index contributed by atoms with van der Waals surface area (Å²) >= 11 is 0. The minimum Gasteiger partial charge on any atom is -0.387 e. The monoisotopic (exact) mass is 310 g/mol. The van der Waals surface area contributed by atoms with Crippen molar-refractivity contribution in [1.82, 2.24) is 10.2 Å². The van der Waals surface area contributed by atoms with Crippen molar-refractivity contribution in [2.45, 2.75) is 31.5 Å². The predicted molar refractivity (Wildman–Crippen MR) is 94.1 cm³/mol. The van der Waals surface area contributed by atoms with Crippen molar-refractivity contribution in [3.05, 3.63) is 71.8 Å². The average Bonchev–Trinajstić information content (AvgIpc) is 2.62. The lowest BCUT2D eigenvalue weighted by atomic mass is 10.0. The molecule has 2 aromatic carbocycles. The molecule has 1 saturated heterocycles. The van der Waals surface area contributed by atoms with Gasteiger partial charge in [-0.15, -0.1) is 0 Å². The topological polar surface area (TPSA) is 35.5 Å². The molecule has 1 aliphatic heterocycles. The first kappa shape index (κ1) is 16.2. The smallest absolute Gasteiger partial charge is 0.0914 e. The Hall–Kier alpha value is -1.68. The SMILES string of the molecule is O[C@@H](CNC1CCN(Cc2ccccc2)CC1)c1ccccc1. The van der Waals surface area contributed by atoms with E-state index >= 15 is 0 Å². The second-order valence-electron chi connectivity index (χ2n) is 6.37. The van der Waals surface area contributed by atoms with E-state index in [1.807, 2.05) is 30.3 Å². The summed E-state index contributed by atoms with van der Waals surface area (Å²) in [4.78, 5) is 2.52. The normalized spacial score (nSPS) is 18.0. The Balaban J connectivity index is 1.39. The summed E-state index contributed by atoms with van der Waals surface area (Å²) in [5.74, 6) is 0. The van der Waals surface area contributed by atoms with Crippen LogP contribution in [-0.4, -0.2) is 35.7 Å². The van der Waals surface area contributed by atoms with Gasteiger partial charge >= 0.3 is 0 Å². The Morgan fingerprint density at radius 2 is 1.57 bits per heavy atom. The molecule has 122 valence electrons. The van der Waals surface area contributed by atoms with Crippen LogP contribution < -0.4 is 5.32 Å². The van der Waals surface area contributed by atoms with Gasteiger partial charge in [0.05, 0.1) is 6.10 Å². The number of nitrogens with zero attached hydrogens (tertiary/aromatic N) is 1. The van der Waals surface area contributed by atoms with Crippen LogP contribution in [0.3, 0.4) is 0 Å². The Morgan fingerprint density at radius 3 is 2.22 bits per heavy atom. The number of aliphatic hydroxyl groups excluding tert-OH is 1. The molecule has 0 aromatic heterocycles. The maximum Gasteiger partial charge on any atom is 0.0914 e. The number of hydrogen-bond acceptors (Lipinski definition) is 3. The van der Waals surface area contributed by atoms with Gasteiger partial charge in [-0.25, -0.2) is 0 Å². The molecule has 3 rings (SSSR count). The maximum atomic E-state index is 10.2. The number of aliphatic hydroxyl groups is 1. The molecule has 1 heterocycles. The van der Waals surface area contributed by atoms with Gasteiger partial charge in [-0.1, -0.05) is 60.7 Å². The summed E-state index contributed by atoms with van der Waals surface area (Å²) in [7, 11) is 0. The Labute approximate surface area is 139 Å². The van der Waals surface area contributed by atoms with Gasteiger partial charge in [0.15, 0.2) is 0 Å². The maximum absolute atomic E-state index is 10.2. The lowest BCUT2D eigenvalue weighted by Gasteiger charge is -2.33. The highest BCUT2D eigenvalue weighted by Crippen LogP contribution is 2.16. The summed E-state index contributed by atoms with van der Waals surface area (Å²) in [6.07, 6.45) is 1.88. The molecule has 3 heteroatoms. The van der Waals surface area contributed by atoms with Gasteiger partial charge < -0.3 is 10.4 Å². The standard InChI is InChI=1S/C20H26N2O/c23-20(18-9-5-2-6-10-18)15-21-19-11-13-22(14-12-19)16-17-7-3-1-4-8-17/h1-10,19-21,23H,11-16H2/t20-/m0/s1. The molecule has 0 saturated carbocycles. The van der Waals surface area contributed by atoms with E-state index < -0.39 is 6.10 Å². The lowest BCUT2D eigenvalue weighted by Crippen LogP contribution is -2.43. The molecule has 3 nitrogen and oxygen atoms in total. The number of nitrogens with one attached hydrogen (secondary N) is 1. The summed E-state index contributed by atoms with van der Waals surface area (Å²) in [5.41, 5.74) is 2.37. The van der Waals surface area contributed by atoms with Crippen LogP contribution in [0.15, 0.2) is 60.7 Å². The molecule has 0 amide bonds. The summed E-state index contributed by atoms with van der Waals surface area (Å²) in [6.45, 7) is 3.91. The van der Waals surface area contributed by atoms with Crippen LogP contribution in [0.2, 0.25) is 0 Å². The fourth-order valence-corrected chi connectivity index (χ4v) is 3.21. The molecule has 23 heavy (non-hydrogen) atoms. The van der Waals surface area contributed by atoms with Crippen molar-refractivity contribution in [1.29, 1.82) is 0 Å². The fourth-order valence-electron chi connectivity index (χ4n) is 3.21. The van der Waals surface area contributed by atoms with Crippen LogP contribution >= 0.6 is 0 Å². The van der Waals surface area contributed by atoms with E-state index in [9.17, 15) is 5.11 Å². The molecular formula is C20H26N2O. The summed E-state index contributed by atoms with van der Waals surface area (Å²) in [6, 6.07) is 21.1. The zero-order chi connectivity index (χ0) is 15.9. The molecule has 0 bridgehead atoms. The van der Waals surface area contributed by atoms with Gasteiger partial charge in [-0.2, -0.15) is 0 Å². The molecule has 1 aliphatic rings. The number of likely N-dealkylation sites (tertiary alicyclic amines) is 1. The number of piperidine rings is 1. The minimum absolute atomic E-state index is 0.418. The van der Waals surface area contributed by atoms with Gasteiger partial charge in [0.2, 0.25) is 0 Å². The first-order valence-electron chi connectivity index (χ1n) is 8.54. The molecular weight excluding hydrogens is 284 g/mol. The lowest BCUT2D eigenvalue weighted by molar-refractivity contribution is 0.149. The van der Waals surface area contributed by atoms with Crippen molar-refractivity contribution in [3.8, 4) is 0 Å². The highest BCUT2D eigenvalue weighted by molar-refractivity contribution is 5.17. The van der Waals surface area contributed by atoms with Gasteiger partial charge in [-0.3, -0.25) is 4.90 Å². The van der Waals surface area contributed by atoms with Crippen LogP contribution in [0.25, 0.3) is 0 Å². The van der Waals surface area contributed by atoms with Crippen LogP contribution in [0.4, 0.5) is 0 Å². The molecule has 1 atom stereocenters. The highest BCUT2D eigenvalue weighted by Gasteiger charge is 2.19. The van der Waals surface area contributed by atoms with E-state index in [0.717, 1.165) is 38.0 Å². The van der Waals surface area contributed by atoms with Crippen molar-refractivity contribution in [2.75, 3.05) is 19.6 Å². The van der Waals surface area contributed by atoms with Crippen LogP contribution in [0.5, 0.6) is 0 Å². The third kappa shape index (κ3) is 4.90. The molecule has 0 unspecified atom stereocenters. The highest BCUT2D eigenvalue weighted by atomic mass is 16.3. The minimum atomic E-state index is -0.418. The van der Waals surface area contributed by atoms with Gasteiger partial charge in [0.1, 0.15) is 0 Å². The van der Waals surface area contributed by atoms with E-state index in [0.29, 0.717) is 12.6 Å². The largest absolute Gasteiger partial charge is 0.387 e. The first-order chi connectivity index (χ1) is 11.3. The number of rotatable bonds is 6. The third-order valence-corrected chi connectivity index (χ3v) is 4.62. The van der Waals surface area contributed by atoms with Crippen molar-refractivity contribution in [3.63, 3.8) is 0 Å². The zero-order valence-corrected chi connectivity index (χ0v) is 13.6. The van der Waals surface area contributed by atoms with Crippen molar-refractivity contribution < 1.29 is 5.11 Å². The zero-order valence-electron chi connectivity index (χ0n) is 13.6. The van der Waals surface area contributed by atoms with Crippen LogP contribution in [0.1, 0.15) is 30.1 Å². The van der Waals surface area contributed by atoms with Gasteiger partial charge in [-0.05, 0) is 37.1 Å². The molecule has 0 aliphatic carbocycles. The second kappa shape index (κ2) is 8.25. The predicted octanol–water partition coefficient (Wildman–Crippen LogP) is 2.97. The first-order valence-corrected chi connectivity index (χ1v) is 8.54. The molecule has 2 N–H and O–H groups in total. The quantitative estimate of drug-likeness (QED) is 0.861. The third-order valence-electron chi connectivity index (χ3n) is 4.62. The van der Waals surface area contributed by atoms with Crippen molar-refractivity contribution in [2.24, 2.45) is 0 Å². The Kier molecular flexibility index (Phi) is 5.81. The van der Waals surface area contributed by atoms with Crippen LogP contribution in [0, 0.1) is 0 Å². The Bertz CT molecular complexity index is 565. The molecule has 1 fully saturated rings. The van der Waals surface area contributed by atoms with E-state index in [1.54, 1.807) is 0 Å². The van der Waals surface area contributed by atoms with E-state index in [1.165, 1.54) is 5.56 Å². The fraction of sp³-hybridized carbons (Fsp3) is 0.400. The number of hydrogen-bond donors (Lipinski definition) is 2. The summed E-state index contributed by atoms with van der Waals surface area (Å²) < 4.78 is 0. The van der Waals surface area contributed by atoms with E-state index in [-0.39, 0.29) is 0 Å². The van der Waals surface area contributed by atoms with Crippen LogP contribution in [-0.2, 0) is 6.54 Å². The van der Waals surface area contributed by atoms with Gasteiger partial charge in [0, 0.05) is 19.1 Å². The van der Waals surface area contributed by atoms with Gasteiger partial charge in [0.25, 0.3) is 0 Å². The van der Waals surface area contributed by atoms with Crippen molar-refractivity contribution >= 4 is 0 Å². The molecule has 2 aromatic rings. The Morgan fingerprint density at radius 1 is 0.957 bits per heavy atom. The summed E-state index contributed by atoms with van der Waals surface area (Å²) in [5, 5.41) is 13.8.